The molecule has 0 saturated carbocycles. The molecule has 0 fully saturated rings. The standard InChI is InChI=1S/C25H34F3N3O/c1-2-3-4-5-6-7-8-9-10-24(32)31-23-16-15-21(17-22(23)29)30-18-19-11-13-20(14-12-19)25(26,27)28/h11-17,30H,2-10,18,29H2,1H3,(H,31,32). The highest BCUT2D eigenvalue weighted by molar-refractivity contribution is 5.94. The van der Waals surface area contributed by atoms with Crippen LogP contribution in [0, 0.1) is 0 Å². The summed E-state index contributed by atoms with van der Waals surface area (Å²) in [7, 11) is 0. The molecule has 2 rings (SSSR count). The first-order chi connectivity index (χ1) is 15.3. The van der Waals surface area contributed by atoms with Crippen LogP contribution in [0.5, 0.6) is 0 Å². The van der Waals surface area contributed by atoms with Crippen LogP contribution in [-0.2, 0) is 17.5 Å². The molecule has 7 heteroatoms. The van der Waals surface area contributed by atoms with Crippen molar-refractivity contribution in [3.05, 3.63) is 53.6 Å². The van der Waals surface area contributed by atoms with E-state index in [9.17, 15) is 18.0 Å². The molecule has 0 aliphatic heterocycles. The van der Waals surface area contributed by atoms with Crippen LogP contribution in [0.25, 0.3) is 0 Å². The summed E-state index contributed by atoms with van der Waals surface area (Å²) in [6.07, 6.45) is 5.58. The minimum atomic E-state index is -4.34. The number of nitrogens with two attached hydrogens (primary N) is 1. The number of nitrogen functional groups attached to an aromatic ring is 1. The van der Waals surface area contributed by atoms with E-state index in [-0.39, 0.29) is 5.91 Å². The van der Waals surface area contributed by atoms with Crippen molar-refractivity contribution in [2.75, 3.05) is 16.4 Å². The lowest BCUT2D eigenvalue weighted by molar-refractivity contribution is -0.137. The molecular formula is C25H34F3N3O. The van der Waals surface area contributed by atoms with E-state index in [2.05, 4.69) is 17.6 Å². The van der Waals surface area contributed by atoms with Crippen LogP contribution in [0.4, 0.5) is 30.2 Å². The van der Waals surface area contributed by atoms with Gasteiger partial charge in [0, 0.05) is 18.7 Å². The number of nitrogens with one attached hydrogen (secondary N) is 2. The molecule has 0 aromatic heterocycles. The smallest absolute Gasteiger partial charge is 0.397 e. The number of hydrogen-bond acceptors (Lipinski definition) is 3. The molecule has 0 spiro atoms. The van der Waals surface area contributed by atoms with Gasteiger partial charge in [-0.2, -0.15) is 13.2 Å². The number of carbonyl (C=O) groups excluding carboxylic acids is 1. The molecule has 32 heavy (non-hydrogen) atoms. The summed E-state index contributed by atoms with van der Waals surface area (Å²) in [5.74, 6) is -0.0480. The Kier molecular flexibility index (Phi) is 10.4. The highest BCUT2D eigenvalue weighted by Crippen LogP contribution is 2.29. The third-order valence-electron chi connectivity index (χ3n) is 5.36. The third kappa shape index (κ3) is 9.20. The number of hydrogen-bond donors (Lipinski definition) is 3. The topological polar surface area (TPSA) is 67.2 Å². The highest BCUT2D eigenvalue weighted by Gasteiger charge is 2.29. The van der Waals surface area contributed by atoms with Crippen LogP contribution in [0.1, 0.15) is 75.8 Å². The minimum absolute atomic E-state index is 0.0480. The normalized spacial score (nSPS) is 11.4. The number of amides is 1. The number of benzene rings is 2. The van der Waals surface area contributed by atoms with E-state index in [1.165, 1.54) is 50.7 Å². The number of alkyl halides is 3. The van der Waals surface area contributed by atoms with Gasteiger partial charge in [0.15, 0.2) is 0 Å². The first-order valence-corrected chi connectivity index (χ1v) is 11.4. The first-order valence-electron chi connectivity index (χ1n) is 11.4. The van der Waals surface area contributed by atoms with E-state index in [0.717, 1.165) is 36.2 Å². The first kappa shape index (κ1) is 25.6. The van der Waals surface area contributed by atoms with Gasteiger partial charge in [-0.1, -0.05) is 64.0 Å². The van der Waals surface area contributed by atoms with Gasteiger partial charge in [0.25, 0.3) is 0 Å². The summed E-state index contributed by atoms with van der Waals surface area (Å²) >= 11 is 0. The quantitative estimate of drug-likeness (QED) is 0.221. The zero-order valence-electron chi connectivity index (χ0n) is 18.7. The highest BCUT2D eigenvalue weighted by atomic mass is 19.4. The maximum atomic E-state index is 12.6. The Hall–Kier alpha value is -2.70. The largest absolute Gasteiger partial charge is 0.416 e. The molecule has 0 radical (unpaired) electrons. The predicted octanol–water partition coefficient (Wildman–Crippen LogP) is 7.37. The Morgan fingerprint density at radius 3 is 2.12 bits per heavy atom. The van der Waals surface area contributed by atoms with Crippen LogP contribution in [-0.4, -0.2) is 5.91 Å². The fourth-order valence-corrected chi connectivity index (χ4v) is 3.43. The Bertz CT molecular complexity index is 835. The Morgan fingerprint density at radius 1 is 0.906 bits per heavy atom. The predicted molar refractivity (Wildman–Crippen MR) is 125 cm³/mol. The van der Waals surface area contributed by atoms with Crippen LogP contribution < -0.4 is 16.4 Å². The van der Waals surface area contributed by atoms with Gasteiger partial charge in [0.1, 0.15) is 0 Å². The van der Waals surface area contributed by atoms with Gasteiger partial charge in [-0.05, 0) is 42.3 Å². The van der Waals surface area contributed by atoms with Crippen LogP contribution in [0.3, 0.4) is 0 Å². The van der Waals surface area contributed by atoms with E-state index < -0.39 is 11.7 Å². The Balaban J connectivity index is 1.72. The van der Waals surface area contributed by atoms with Crippen LogP contribution >= 0.6 is 0 Å². The van der Waals surface area contributed by atoms with Crippen molar-refractivity contribution < 1.29 is 18.0 Å². The lowest BCUT2D eigenvalue weighted by Gasteiger charge is -2.12. The van der Waals surface area contributed by atoms with Crippen molar-refractivity contribution in [1.82, 2.24) is 0 Å². The number of anilines is 3. The maximum absolute atomic E-state index is 12.6. The SMILES string of the molecule is CCCCCCCCCCC(=O)Nc1ccc(NCc2ccc(C(F)(F)F)cc2)cc1N. The van der Waals surface area contributed by atoms with Gasteiger partial charge in [-0.3, -0.25) is 4.79 Å². The van der Waals surface area contributed by atoms with E-state index in [1.807, 2.05) is 0 Å². The molecule has 0 saturated heterocycles. The van der Waals surface area contributed by atoms with Gasteiger partial charge in [-0.25, -0.2) is 0 Å². The molecular weight excluding hydrogens is 415 g/mol. The van der Waals surface area contributed by atoms with E-state index in [0.29, 0.717) is 24.3 Å². The molecule has 2 aromatic rings. The molecule has 4 N–H and O–H groups in total. The molecule has 0 atom stereocenters. The molecule has 1 amide bonds. The summed E-state index contributed by atoms with van der Waals surface area (Å²) in [6, 6.07) is 10.2. The number of carbonyl (C=O) groups is 1. The fraction of sp³-hybridized carbons (Fsp3) is 0.480. The summed E-state index contributed by atoms with van der Waals surface area (Å²) in [5, 5.41) is 5.99. The average Bonchev–Trinajstić information content (AvgIpc) is 2.75. The van der Waals surface area contributed by atoms with Crippen molar-refractivity contribution in [2.24, 2.45) is 0 Å². The van der Waals surface area contributed by atoms with Crippen molar-refractivity contribution in [3.8, 4) is 0 Å². The fourth-order valence-electron chi connectivity index (χ4n) is 3.43. The van der Waals surface area contributed by atoms with Gasteiger partial charge in [0.05, 0.1) is 16.9 Å². The molecule has 2 aromatic carbocycles. The van der Waals surface area contributed by atoms with Gasteiger partial charge in [0.2, 0.25) is 5.91 Å². The van der Waals surface area contributed by atoms with Gasteiger partial charge >= 0.3 is 6.18 Å². The molecule has 0 aliphatic carbocycles. The monoisotopic (exact) mass is 449 g/mol. The zero-order chi connectivity index (χ0) is 23.4. The Morgan fingerprint density at radius 2 is 1.53 bits per heavy atom. The summed E-state index contributed by atoms with van der Waals surface area (Å²) in [6.45, 7) is 2.57. The number of rotatable bonds is 13. The maximum Gasteiger partial charge on any atom is 0.416 e. The van der Waals surface area contributed by atoms with Gasteiger partial charge in [-0.15, -0.1) is 0 Å². The molecule has 4 nitrogen and oxygen atoms in total. The van der Waals surface area contributed by atoms with E-state index >= 15 is 0 Å². The second kappa shape index (κ2) is 13.0. The molecule has 0 heterocycles. The third-order valence-corrected chi connectivity index (χ3v) is 5.36. The summed E-state index contributed by atoms with van der Waals surface area (Å²) < 4.78 is 37.9. The van der Waals surface area contributed by atoms with E-state index in [1.54, 1.807) is 18.2 Å². The number of halogens is 3. The molecule has 176 valence electrons. The lowest BCUT2D eigenvalue weighted by Crippen LogP contribution is -2.12. The number of unbranched alkanes of at least 4 members (excludes halogenated alkanes) is 7. The van der Waals surface area contributed by atoms with Crippen molar-refractivity contribution in [3.63, 3.8) is 0 Å². The van der Waals surface area contributed by atoms with Crippen molar-refractivity contribution in [2.45, 2.75) is 77.4 Å². The minimum Gasteiger partial charge on any atom is -0.397 e. The second-order valence-corrected chi connectivity index (χ2v) is 8.12. The van der Waals surface area contributed by atoms with E-state index in [4.69, 9.17) is 5.73 Å². The molecule has 0 aliphatic rings. The molecule has 0 unspecified atom stereocenters. The van der Waals surface area contributed by atoms with Crippen molar-refractivity contribution >= 4 is 23.0 Å². The molecule has 0 bridgehead atoms. The zero-order valence-corrected chi connectivity index (χ0v) is 18.7. The summed E-state index contributed by atoms with van der Waals surface area (Å²) in [5.41, 5.74) is 7.84. The van der Waals surface area contributed by atoms with Crippen LogP contribution in [0.2, 0.25) is 0 Å². The second-order valence-electron chi connectivity index (χ2n) is 8.12. The Labute approximate surface area is 188 Å². The van der Waals surface area contributed by atoms with Crippen LogP contribution in [0.15, 0.2) is 42.5 Å². The summed E-state index contributed by atoms with van der Waals surface area (Å²) in [4.78, 5) is 12.2. The lowest BCUT2D eigenvalue weighted by atomic mass is 10.1. The average molecular weight is 450 g/mol. The van der Waals surface area contributed by atoms with Gasteiger partial charge < -0.3 is 16.4 Å². The van der Waals surface area contributed by atoms with Crippen molar-refractivity contribution in [1.29, 1.82) is 0 Å².